The summed E-state index contributed by atoms with van der Waals surface area (Å²) in [5.41, 5.74) is 5.26. The van der Waals surface area contributed by atoms with Crippen molar-refractivity contribution in [2.75, 3.05) is 14.2 Å². The smallest absolute Gasteiger partial charge is 0.303 e. The Hall–Kier alpha value is -3.35. The van der Waals surface area contributed by atoms with Crippen LogP contribution in [0, 0.1) is 0 Å². The number of rotatable bonds is 8. The molecule has 0 spiro atoms. The molecule has 2 aromatic rings. The van der Waals surface area contributed by atoms with E-state index < -0.39 is 11.9 Å². The maximum Gasteiger partial charge on any atom is 0.303 e. The number of carbonyl (C=O) groups excluding carboxylic acids is 1. The van der Waals surface area contributed by atoms with E-state index in [1.54, 1.807) is 18.2 Å². The van der Waals surface area contributed by atoms with E-state index >= 15 is 0 Å². The van der Waals surface area contributed by atoms with E-state index in [4.69, 9.17) is 14.6 Å². The minimum Gasteiger partial charge on any atom is -0.493 e. The van der Waals surface area contributed by atoms with Gasteiger partial charge in [-0.3, -0.25) is 9.59 Å². The van der Waals surface area contributed by atoms with Crippen LogP contribution in [0.25, 0.3) is 0 Å². The van der Waals surface area contributed by atoms with Gasteiger partial charge in [0.1, 0.15) is 0 Å². The van der Waals surface area contributed by atoms with Crippen LogP contribution in [0.1, 0.15) is 55.1 Å². The fourth-order valence-electron chi connectivity index (χ4n) is 2.81. The van der Waals surface area contributed by atoms with Crippen molar-refractivity contribution in [2.45, 2.75) is 39.0 Å². The van der Waals surface area contributed by atoms with E-state index in [-0.39, 0.29) is 18.3 Å². The third-order valence-corrected chi connectivity index (χ3v) is 4.60. The summed E-state index contributed by atoms with van der Waals surface area (Å²) in [4.78, 5) is 23.6. The molecule has 2 N–H and O–H groups in total. The topological polar surface area (TPSA) is 97.2 Å². The molecule has 1 amide bonds. The van der Waals surface area contributed by atoms with Gasteiger partial charge in [-0.2, -0.15) is 5.10 Å². The average Bonchev–Trinajstić information content (AvgIpc) is 2.72. The van der Waals surface area contributed by atoms with Gasteiger partial charge in [-0.15, -0.1) is 0 Å². The first-order chi connectivity index (χ1) is 14.2. The lowest BCUT2D eigenvalue weighted by atomic mass is 9.86. The summed E-state index contributed by atoms with van der Waals surface area (Å²) in [5.74, 6) is -0.424. The molecule has 0 radical (unpaired) electrons. The number of carboxylic acids is 1. The molecule has 0 aliphatic rings. The maximum atomic E-state index is 12.5. The molecule has 0 fully saturated rings. The van der Waals surface area contributed by atoms with E-state index in [9.17, 15) is 9.59 Å². The third kappa shape index (κ3) is 6.07. The van der Waals surface area contributed by atoms with Crippen LogP contribution in [0.4, 0.5) is 0 Å². The second kappa shape index (κ2) is 9.91. The van der Waals surface area contributed by atoms with Gasteiger partial charge in [0.15, 0.2) is 11.5 Å². The molecule has 2 rings (SSSR count). The van der Waals surface area contributed by atoms with Crippen LogP contribution in [0.3, 0.4) is 0 Å². The van der Waals surface area contributed by atoms with Gasteiger partial charge in [0.05, 0.1) is 26.4 Å². The Morgan fingerprint density at radius 3 is 2.07 bits per heavy atom. The minimum atomic E-state index is -0.930. The lowest BCUT2D eigenvalue weighted by molar-refractivity contribution is -0.136. The second-order valence-electron chi connectivity index (χ2n) is 7.79. The number of benzene rings is 2. The molecule has 0 unspecified atom stereocenters. The third-order valence-electron chi connectivity index (χ3n) is 4.60. The predicted molar refractivity (Wildman–Crippen MR) is 116 cm³/mol. The fraction of sp³-hybridized carbons (Fsp3) is 0.348. The highest BCUT2D eigenvalue weighted by molar-refractivity contribution is 6.03. The first-order valence-electron chi connectivity index (χ1n) is 9.57. The van der Waals surface area contributed by atoms with Crippen molar-refractivity contribution in [1.82, 2.24) is 5.43 Å². The van der Waals surface area contributed by atoms with Crippen LogP contribution >= 0.6 is 0 Å². The van der Waals surface area contributed by atoms with Crippen LogP contribution in [0.5, 0.6) is 11.5 Å². The molecule has 160 valence electrons. The summed E-state index contributed by atoms with van der Waals surface area (Å²) in [6.07, 6.45) is 0.0997. The summed E-state index contributed by atoms with van der Waals surface area (Å²) in [5, 5.41) is 13.3. The number of hydrogen-bond acceptors (Lipinski definition) is 5. The van der Waals surface area contributed by atoms with Gasteiger partial charge in [0, 0.05) is 12.0 Å². The molecule has 0 heterocycles. The van der Waals surface area contributed by atoms with Gasteiger partial charge in [-0.1, -0.05) is 45.0 Å². The number of amides is 1. The molecule has 0 aromatic heterocycles. The summed E-state index contributed by atoms with van der Waals surface area (Å²) in [7, 11) is 3.00. The molecule has 30 heavy (non-hydrogen) atoms. The summed E-state index contributed by atoms with van der Waals surface area (Å²) in [6, 6.07) is 12.5. The molecule has 0 saturated heterocycles. The molecule has 0 bridgehead atoms. The Bertz CT molecular complexity index is 928. The number of carbonyl (C=O) groups is 2. The largest absolute Gasteiger partial charge is 0.493 e. The van der Waals surface area contributed by atoms with Crippen LogP contribution in [-0.2, 0) is 10.2 Å². The molecular weight excluding hydrogens is 384 g/mol. The number of ether oxygens (including phenoxy) is 2. The zero-order chi connectivity index (χ0) is 22.3. The minimum absolute atomic E-state index is 0.00145. The van der Waals surface area contributed by atoms with E-state index in [0.717, 1.165) is 11.1 Å². The Kier molecular flexibility index (Phi) is 7.58. The van der Waals surface area contributed by atoms with Crippen LogP contribution in [0.2, 0.25) is 0 Å². The van der Waals surface area contributed by atoms with Gasteiger partial charge in [-0.05, 0) is 34.7 Å². The predicted octanol–water partition coefficient (Wildman–Crippen LogP) is 4.00. The highest BCUT2D eigenvalue weighted by Crippen LogP contribution is 2.27. The first-order valence-corrected chi connectivity index (χ1v) is 9.57. The molecule has 7 nitrogen and oxygen atoms in total. The zero-order valence-corrected chi connectivity index (χ0v) is 18.0. The lowest BCUT2D eigenvalue weighted by Gasteiger charge is -2.19. The number of hydrazone groups is 1. The van der Waals surface area contributed by atoms with Crippen molar-refractivity contribution in [3.8, 4) is 11.5 Å². The van der Waals surface area contributed by atoms with Crippen molar-refractivity contribution >= 4 is 17.6 Å². The number of hydrogen-bond donors (Lipinski definition) is 2. The van der Waals surface area contributed by atoms with Crippen molar-refractivity contribution in [3.05, 3.63) is 59.2 Å². The van der Waals surface area contributed by atoms with Crippen molar-refractivity contribution in [1.29, 1.82) is 0 Å². The summed E-state index contributed by atoms with van der Waals surface area (Å²) < 4.78 is 10.4. The van der Waals surface area contributed by atoms with Gasteiger partial charge in [0.25, 0.3) is 5.91 Å². The Balaban J connectivity index is 2.26. The monoisotopic (exact) mass is 412 g/mol. The number of nitrogens with one attached hydrogen (secondary N) is 1. The number of carboxylic acid groups (broad SMARTS) is 1. The second-order valence-corrected chi connectivity index (χ2v) is 7.79. The van der Waals surface area contributed by atoms with Gasteiger partial charge < -0.3 is 14.6 Å². The SMILES string of the molecule is COc1ccc(C(=O)N/N=C(\CCC(=O)O)c2ccc(C(C)(C)C)cc2)cc1OC. The molecule has 0 aliphatic carbocycles. The fourth-order valence-corrected chi connectivity index (χ4v) is 2.81. The van der Waals surface area contributed by atoms with Gasteiger partial charge >= 0.3 is 5.97 Å². The molecule has 2 aromatic carbocycles. The van der Waals surface area contributed by atoms with Gasteiger partial charge in [0.2, 0.25) is 0 Å². The lowest BCUT2D eigenvalue weighted by Crippen LogP contribution is -2.21. The summed E-state index contributed by atoms with van der Waals surface area (Å²) >= 11 is 0. The number of aliphatic carboxylic acids is 1. The first kappa shape index (κ1) is 22.9. The van der Waals surface area contributed by atoms with Gasteiger partial charge in [-0.25, -0.2) is 5.43 Å². The number of methoxy groups -OCH3 is 2. The zero-order valence-electron chi connectivity index (χ0n) is 18.0. The molecule has 0 aliphatic heterocycles. The quantitative estimate of drug-likeness (QED) is 0.505. The molecule has 0 atom stereocenters. The Morgan fingerprint density at radius 1 is 0.933 bits per heavy atom. The van der Waals surface area contributed by atoms with Crippen LogP contribution < -0.4 is 14.9 Å². The molecule has 7 heteroatoms. The molecular formula is C23H28N2O5. The molecule has 0 saturated carbocycles. The Labute approximate surface area is 176 Å². The number of nitrogens with zero attached hydrogens (tertiary/aromatic N) is 1. The highest BCUT2D eigenvalue weighted by Gasteiger charge is 2.15. The van der Waals surface area contributed by atoms with Crippen LogP contribution in [0.15, 0.2) is 47.6 Å². The maximum absolute atomic E-state index is 12.5. The van der Waals surface area contributed by atoms with E-state index in [2.05, 4.69) is 31.3 Å². The average molecular weight is 412 g/mol. The Morgan fingerprint density at radius 2 is 1.53 bits per heavy atom. The van der Waals surface area contributed by atoms with Crippen molar-refractivity contribution in [2.24, 2.45) is 5.10 Å². The normalized spacial score (nSPS) is 11.7. The van der Waals surface area contributed by atoms with Crippen LogP contribution in [-0.4, -0.2) is 36.9 Å². The van der Waals surface area contributed by atoms with E-state index in [1.165, 1.54) is 14.2 Å². The van der Waals surface area contributed by atoms with Crippen molar-refractivity contribution in [3.63, 3.8) is 0 Å². The van der Waals surface area contributed by atoms with E-state index in [0.29, 0.717) is 22.8 Å². The summed E-state index contributed by atoms with van der Waals surface area (Å²) in [6.45, 7) is 6.35. The highest BCUT2D eigenvalue weighted by atomic mass is 16.5. The van der Waals surface area contributed by atoms with E-state index in [1.807, 2.05) is 24.3 Å². The standard InChI is InChI=1S/C23H28N2O5/c1-23(2,3)17-9-6-15(7-10-17)18(11-13-21(26)27)24-25-22(28)16-8-12-19(29-4)20(14-16)30-5/h6-10,12,14H,11,13H2,1-5H3,(H,25,28)(H,26,27)/b24-18+. The van der Waals surface area contributed by atoms with Crippen molar-refractivity contribution < 1.29 is 24.2 Å².